The van der Waals surface area contributed by atoms with Gasteiger partial charge in [-0.25, -0.2) is 0 Å². The number of benzene rings is 1. The van der Waals surface area contributed by atoms with Gasteiger partial charge >= 0.3 is 6.36 Å². The predicted octanol–water partition coefficient (Wildman–Crippen LogP) is 1.03. The number of halogens is 3. The number of carbonyl (C=O) groups excluding carboxylic acids is 1. The number of rotatable bonds is 4. The Balaban J connectivity index is 1.93. The molecule has 0 aliphatic rings. The molecule has 2 aromatic rings. The van der Waals surface area contributed by atoms with Gasteiger partial charge in [0, 0.05) is 5.56 Å². The molecular formula is C10H8F3N5O2. The van der Waals surface area contributed by atoms with E-state index in [1.807, 2.05) is 0 Å². The average molecular weight is 287 g/mol. The van der Waals surface area contributed by atoms with Crippen molar-refractivity contribution in [2.24, 2.45) is 0 Å². The van der Waals surface area contributed by atoms with Crippen LogP contribution in [0.1, 0.15) is 16.2 Å². The van der Waals surface area contributed by atoms with Crippen LogP contribution in [0, 0.1) is 0 Å². The Morgan fingerprint density at radius 1 is 1.30 bits per heavy atom. The minimum atomic E-state index is -4.76. The third-order valence-electron chi connectivity index (χ3n) is 2.15. The number of hydrogen-bond acceptors (Lipinski definition) is 5. The zero-order valence-corrected chi connectivity index (χ0v) is 9.81. The predicted molar refractivity (Wildman–Crippen MR) is 58.5 cm³/mol. The lowest BCUT2D eigenvalue weighted by atomic mass is 10.2. The minimum Gasteiger partial charge on any atom is -0.406 e. The number of carbonyl (C=O) groups is 1. The number of hydrogen-bond donors (Lipinski definition) is 2. The molecule has 0 unspecified atom stereocenters. The van der Waals surface area contributed by atoms with Crippen LogP contribution in [0.3, 0.4) is 0 Å². The molecule has 0 atom stereocenters. The van der Waals surface area contributed by atoms with Crippen molar-refractivity contribution >= 4 is 5.91 Å². The minimum absolute atomic E-state index is 0.0517. The number of tetrazole rings is 1. The molecule has 0 fully saturated rings. The van der Waals surface area contributed by atoms with Crippen LogP contribution in [-0.4, -0.2) is 32.9 Å². The van der Waals surface area contributed by atoms with Gasteiger partial charge in [-0.05, 0) is 24.3 Å². The fourth-order valence-corrected chi connectivity index (χ4v) is 1.33. The van der Waals surface area contributed by atoms with Crippen molar-refractivity contribution in [1.29, 1.82) is 0 Å². The van der Waals surface area contributed by atoms with E-state index in [1.165, 1.54) is 12.1 Å². The summed E-state index contributed by atoms with van der Waals surface area (Å²) < 4.78 is 39.6. The van der Waals surface area contributed by atoms with E-state index < -0.39 is 18.0 Å². The summed E-state index contributed by atoms with van der Waals surface area (Å²) in [5.74, 6) is -0.587. The van der Waals surface area contributed by atoms with Crippen molar-refractivity contribution in [3.05, 3.63) is 35.7 Å². The summed E-state index contributed by atoms with van der Waals surface area (Å²) in [5.41, 5.74) is 0.183. The molecule has 7 nitrogen and oxygen atoms in total. The zero-order chi connectivity index (χ0) is 14.6. The first-order valence-corrected chi connectivity index (χ1v) is 5.30. The summed E-state index contributed by atoms with van der Waals surface area (Å²) >= 11 is 0. The van der Waals surface area contributed by atoms with Gasteiger partial charge in [-0.1, -0.05) is 5.21 Å². The molecule has 0 spiro atoms. The Labute approximate surface area is 110 Å². The Morgan fingerprint density at radius 3 is 2.55 bits per heavy atom. The van der Waals surface area contributed by atoms with Gasteiger partial charge in [0.25, 0.3) is 5.91 Å². The van der Waals surface area contributed by atoms with Gasteiger partial charge in [0.15, 0.2) is 5.82 Å². The third-order valence-corrected chi connectivity index (χ3v) is 2.15. The molecule has 0 aliphatic heterocycles. The standard InChI is InChI=1S/C10H8F3N5O2/c11-10(12,13)20-7-3-1-6(2-4-7)9(19)14-5-8-15-17-18-16-8/h1-4H,5H2,(H,14,19)(H,15,16,17,18). The number of aromatic amines is 1. The number of nitrogens with zero attached hydrogens (tertiary/aromatic N) is 3. The van der Waals surface area contributed by atoms with E-state index in [1.54, 1.807) is 0 Å². The van der Waals surface area contributed by atoms with Crippen molar-refractivity contribution in [3.8, 4) is 5.75 Å². The fourth-order valence-electron chi connectivity index (χ4n) is 1.33. The van der Waals surface area contributed by atoms with Crippen LogP contribution in [0.4, 0.5) is 13.2 Å². The Hall–Kier alpha value is -2.65. The molecule has 2 N–H and O–H groups in total. The quantitative estimate of drug-likeness (QED) is 0.876. The van der Waals surface area contributed by atoms with Gasteiger partial charge in [0.05, 0.1) is 6.54 Å². The summed E-state index contributed by atoms with van der Waals surface area (Å²) in [7, 11) is 0. The SMILES string of the molecule is O=C(NCc1nn[nH]n1)c1ccc(OC(F)(F)F)cc1. The lowest BCUT2D eigenvalue weighted by Gasteiger charge is -2.09. The number of nitrogens with one attached hydrogen (secondary N) is 2. The molecule has 1 aromatic carbocycles. The maximum atomic E-state index is 12.0. The van der Waals surface area contributed by atoms with Crippen LogP contribution >= 0.6 is 0 Å². The Bertz CT molecular complexity index is 568. The van der Waals surface area contributed by atoms with E-state index in [-0.39, 0.29) is 17.9 Å². The number of ether oxygens (including phenoxy) is 1. The van der Waals surface area contributed by atoms with Crippen LogP contribution in [0.25, 0.3) is 0 Å². The second kappa shape index (κ2) is 5.55. The van der Waals surface area contributed by atoms with Gasteiger partial charge in [-0.3, -0.25) is 4.79 Å². The largest absolute Gasteiger partial charge is 0.573 e. The molecule has 2 rings (SSSR count). The Morgan fingerprint density at radius 2 is 2.00 bits per heavy atom. The molecule has 0 radical (unpaired) electrons. The highest BCUT2D eigenvalue weighted by Crippen LogP contribution is 2.22. The molecule has 0 aliphatic carbocycles. The van der Waals surface area contributed by atoms with E-state index in [9.17, 15) is 18.0 Å². The molecule has 20 heavy (non-hydrogen) atoms. The first-order valence-electron chi connectivity index (χ1n) is 5.30. The second-order valence-electron chi connectivity index (χ2n) is 3.58. The van der Waals surface area contributed by atoms with E-state index in [2.05, 4.69) is 30.7 Å². The molecular weight excluding hydrogens is 279 g/mol. The lowest BCUT2D eigenvalue weighted by molar-refractivity contribution is -0.274. The van der Waals surface area contributed by atoms with E-state index in [0.717, 1.165) is 12.1 Å². The first kappa shape index (κ1) is 13.8. The Kier molecular flexibility index (Phi) is 3.82. The molecule has 0 saturated carbocycles. The summed E-state index contributed by atoms with van der Waals surface area (Å²) in [5, 5.41) is 15.3. The zero-order valence-electron chi connectivity index (χ0n) is 9.81. The molecule has 10 heteroatoms. The first-order chi connectivity index (χ1) is 9.44. The van der Waals surface area contributed by atoms with E-state index in [0.29, 0.717) is 0 Å². The number of aromatic nitrogens is 4. The highest BCUT2D eigenvalue weighted by Gasteiger charge is 2.31. The molecule has 106 valence electrons. The van der Waals surface area contributed by atoms with Crippen LogP contribution in [0.2, 0.25) is 0 Å². The molecule has 0 bridgehead atoms. The van der Waals surface area contributed by atoms with Gasteiger partial charge in [-0.15, -0.1) is 23.4 Å². The summed E-state index contributed by atoms with van der Waals surface area (Å²) in [6.07, 6.45) is -4.76. The van der Waals surface area contributed by atoms with Gasteiger partial charge in [0.1, 0.15) is 5.75 Å². The second-order valence-corrected chi connectivity index (χ2v) is 3.58. The average Bonchev–Trinajstić information content (AvgIpc) is 2.88. The summed E-state index contributed by atoms with van der Waals surface area (Å²) in [4.78, 5) is 11.7. The molecule has 0 saturated heterocycles. The maximum Gasteiger partial charge on any atom is 0.573 e. The number of H-pyrrole nitrogens is 1. The van der Waals surface area contributed by atoms with Crippen LogP contribution in [-0.2, 0) is 6.54 Å². The normalized spacial score (nSPS) is 11.2. The van der Waals surface area contributed by atoms with E-state index >= 15 is 0 Å². The third kappa shape index (κ3) is 3.93. The smallest absolute Gasteiger partial charge is 0.406 e. The fraction of sp³-hybridized carbons (Fsp3) is 0.200. The van der Waals surface area contributed by atoms with Gasteiger partial charge < -0.3 is 10.1 Å². The highest BCUT2D eigenvalue weighted by atomic mass is 19.4. The summed E-state index contributed by atoms with van der Waals surface area (Å²) in [6.45, 7) is 0.0517. The van der Waals surface area contributed by atoms with Gasteiger partial charge in [-0.2, -0.15) is 5.21 Å². The topological polar surface area (TPSA) is 92.8 Å². The highest BCUT2D eigenvalue weighted by molar-refractivity contribution is 5.94. The molecule has 1 amide bonds. The van der Waals surface area contributed by atoms with Crippen molar-refractivity contribution < 1.29 is 22.7 Å². The van der Waals surface area contributed by atoms with Gasteiger partial charge in [0.2, 0.25) is 0 Å². The van der Waals surface area contributed by atoms with Crippen LogP contribution in [0.15, 0.2) is 24.3 Å². The van der Waals surface area contributed by atoms with Crippen molar-refractivity contribution in [2.75, 3.05) is 0 Å². The van der Waals surface area contributed by atoms with Crippen molar-refractivity contribution in [3.63, 3.8) is 0 Å². The number of alkyl halides is 3. The van der Waals surface area contributed by atoms with Crippen molar-refractivity contribution in [2.45, 2.75) is 12.9 Å². The monoisotopic (exact) mass is 287 g/mol. The maximum absolute atomic E-state index is 12.0. The molecule has 1 aromatic heterocycles. The summed E-state index contributed by atoms with van der Waals surface area (Å²) in [6, 6.07) is 4.53. The van der Waals surface area contributed by atoms with Crippen molar-refractivity contribution in [1.82, 2.24) is 25.9 Å². The van der Waals surface area contributed by atoms with Crippen LogP contribution < -0.4 is 10.1 Å². The number of amides is 1. The molecule has 1 heterocycles. The van der Waals surface area contributed by atoms with E-state index in [4.69, 9.17) is 0 Å². The lowest BCUT2D eigenvalue weighted by Crippen LogP contribution is -2.23. The van der Waals surface area contributed by atoms with Crippen LogP contribution in [0.5, 0.6) is 5.75 Å².